The Hall–Kier alpha value is -12.9. The van der Waals surface area contributed by atoms with Crippen LogP contribution in [0.3, 0.4) is 0 Å². The van der Waals surface area contributed by atoms with E-state index in [0.717, 1.165) is 155 Å². The fraction of sp³-hybridized carbons (Fsp3) is 0. The number of aromatic nitrogens is 10. The molecule has 0 saturated carbocycles. The zero-order valence-corrected chi connectivity index (χ0v) is 50.2. The van der Waals surface area contributed by atoms with E-state index >= 15 is 0 Å². The summed E-state index contributed by atoms with van der Waals surface area (Å²) >= 11 is 0. The van der Waals surface area contributed by atoms with Crippen molar-refractivity contribution in [2.45, 2.75) is 0 Å². The van der Waals surface area contributed by atoms with Gasteiger partial charge in [0.05, 0.1) is 77.2 Å². The molecule has 434 valence electrons. The lowest BCUT2D eigenvalue weighted by Crippen LogP contribution is -1.96. The molecule has 10 nitrogen and oxygen atoms in total. The Morgan fingerprint density at radius 1 is 0.202 bits per heavy atom. The maximum absolute atomic E-state index is 5.35. The van der Waals surface area contributed by atoms with E-state index in [-0.39, 0.29) is 0 Å². The number of benzene rings is 12. The Bertz CT molecular complexity index is 7070. The number of nitrogens with zero attached hydrogens (tertiary/aromatic N) is 10. The third-order valence-corrected chi connectivity index (χ3v) is 20.2. The molecule has 0 radical (unpaired) electrons. The minimum atomic E-state index is 0.896. The van der Waals surface area contributed by atoms with Crippen LogP contribution in [0.1, 0.15) is 0 Å². The number of hydrogen-bond acceptors (Lipinski definition) is 4. The van der Waals surface area contributed by atoms with E-state index in [1.807, 2.05) is 24.5 Å². The van der Waals surface area contributed by atoms with Crippen molar-refractivity contribution >= 4 is 164 Å². The maximum Gasteiger partial charge on any atom is 0.147 e. The van der Waals surface area contributed by atoms with Gasteiger partial charge in [0.1, 0.15) is 16.9 Å². The summed E-state index contributed by atoms with van der Waals surface area (Å²) in [6, 6.07) is 102. The predicted octanol–water partition coefficient (Wildman–Crippen LogP) is 20.7. The maximum atomic E-state index is 5.35. The van der Waals surface area contributed by atoms with E-state index < -0.39 is 0 Å². The van der Waals surface area contributed by atoms with Gasteiger partial charge in [0.15, 0.2) is 0 Å². The average molecular weight is 1200 g/mol. The number of hydrogen-bond donors (Lipinski definition) is 0. The summed E-state index contributed by atoms with van der Waals surface area (Å²) in [6.07, 6.45) is 3.80. The van der Waals surface area contributed by atoms with E-state index in [4.69, 9.17) is 19.9 Å². The van der Waals surface area contributed by atoms with Crippen molar-refractivity contribution in [2.75, 3.05) is 0 Å². The molecule has 0 aliphatic heterocycles. The van der Waals surface area contributed by atoms with Crippen LogP contribution in [0.5, 0.6) is 0 Å². The molecule has 0 bridgehead atoms. The molecule has 0 aliphatic rings. The van der Waals surface area contributed by atoms with Crippen molar-refractivity contribution in [2.24, 2.45) is 0 Å². The van der Waals surface area contributed by atoms with E-state index in [1.165, 1.54) is 43.2 Å². The van der Waals surface area contributed by atoms with Gasteiger partial charge in [-0.2, -0.15) is 0 Å². The molecular formula is C84H48N10. The summed E-state index contributed by atoms with van der Waals surface area (Å²) in [4.78, 5) is 20.8. The first kappa shape index (κ1) is 49.9. The third kappa shape index (κ3) is 6.66. The molecule has 10 heterocycles. The second-order valence-electron chi connectivity index (χ2n) is 25.0. The van der Waals surface area contributed by atoms with Gasteiger partial charge in [0.25, 0.3) is 0 Å². The Labute approximate surface area is 533 Å². The fourth-order valence-corrected chi connectivity index (χ4v) is 16.1. The molecule has 0 fully saturated rings. The molecule has 94 heavy (non-hydrogen) atoms. The Kier molecular flexibility index (Phi) is 9.75. The standard InChI is InChI=1S/C84H48N10/c1-3-17-51(18-4-1)89-70-26-11-7-21-55(70)61-44-78-64(46-75(61)89)60-42-65-67(83-87-68-24-9-13-28-72(68)93(83)74-30-16-39-85-81(65)74)48-80(60)92(78)54-37-33-50(34-38-54)49-31-35-53(36-32-49)90-71-27-12-8-22-56(71)62-43-77-63(45-76(62)90)59-41-58-57-23-15-40-86-82(57)94-73-29-14-10-25-69(73)88-84(94)66(58)47-79(59)91(77)52-19-5-2-6-20-52/h1-48H. The number of para-hydroxylation sites is 8. The lowest BCUT2D eigenvalue weighted by molar-refractivity contribution is 1.17. The summed E-state index contributed by atoms with van der Waals surface area (Å²) in [5.41, 5.74) is 24.5. The molecule has 0 aliphatic carbocycles. The summed E-state index contributed by atoms with van der Waals surface area (Å²) in [5, 5.41) is 14.9. The van der Waals surface area contributed by atoms with Crippen LogP contribution in [0.15, 0.2) is 291 Å². The van der Waals surface area contributed by atoms with Gasteiger partial charge in [0.2, 0.25) is 0 Å². The van der Waals surface area contributed by atoms with Crippen LogP contribution < -0.4 is 0 Å². The molecule has 0 N–H and O–H groups in total. The van der Waals surface area contributed by atoms with Crippen molar-refractivity contribution in [1.82, 2.24) is 47.0 Å². The monoisotopic (exact) mass is 1200 g/mol. The quantitative estimate of drug-likeness (QED) is 0.161. The highest BCUT2D eigenvalue weighted by atomic mass is 15.1. The van der Waals surface area contributed by atoms with Gasteiger partial charge in [-0.05, 0) is 174 Å². The van der Waals surface area contributed by atoms with Crippen molar-refractivity contribution in [3.8, 4) is 33.9 Å². The number of imidazole rings is 2. The van der Waals surface area contributed by atoms with Crippen molar-refractivity contribution in [3.63, 3.8) is 0 Å². The van der Waals surface area contributed by atoms with Crippen LogP contribution in [0.2, 0.25) is 0 Å². The van der Waals surface area contributed by atoms with Gasteiger partial charge in [-0.25, -0.2) is 15.0 Å². The van der Waals surface area contributed by atoms with E-state index in [1.54, 1.807) is 0 Å². The smallest absolute Gasteiger partial charge is 0.147 e. The highest BCUT2D eigenvalue weighted by Gasteiger charge is 2.25. The molecular weight excluding hydrogens is 1150 g/mol. The molecule has 0 saturated heterocycles. The van der Waals surface area contributed by atoms with Crippen LogP contribution >= 0.6 is 0 Å². The second kappa shape index (κ2) is 18.4. The van der Waals surface area contributed by atoms with Gasteiger partial charge < -0.3 is 18.3 Å². The lowest BCUT2D eigenvalue weighted by Gasteiger charge is -2.12. The van der Waals surface area contributed by atoms with Crippen LogP contribution in [0.25, 0.3) is 198 Å². The number of pyridine rings is 4. The van der Waals surface area contributed by atoms with Crippen LogP contribution in [-0.4, -0.2) is 47.0 Å². The third-order valence-electron chi connectivity index (χ3n) is 20.2. The summed E-state index contributed by atoms with van der Waals surface area (Å²) < 4.78 is 14.3. The summed E-state index contributed by atoms with van der Waals surface area (Å²) in [7, 11) is 0. The normalized spacial score (nSPS) is 12.5. The highest BCUT2D eigenvalue weighted by Crippen LogP contribution is 2.46. The van der Waals surface area contributed by atoms with E-state index in [2.05, 4.69) is 294 Å². The lowest BCUT2D eigenvalue weighted by atomic mass is 10.0. The average Bonchev–Trinajstić information content (AvgIpc) is 1.53. The van der Waals surface area contributed by atoms with Crippen molar-refractivity contribution < 1.29 is 0 Å². The molecule has 0 amide bonds. The molecule has 0 spiro atoms. The zero-order chi connectivity index (χ0) is 61.0. The number of fused-ring (bicyclic) bond motifs is 28. The Morgan fingerprint density at radius 2 is 0.564 bits per heavy atom. The molecule has 12 aromatic carbocycles. The van der Waals surface area contributed by atoms with Crippen LogP contribution in [0, 0.1) is 0 Å². The van der Waals surface area contributed by atoms with E-state index in [0.29, 0.717) is 0 Å². The first-order valence-electron chi connectivity index (χ1n) is 31.9. The molecule has 22 rings (SSSR count). The van der Waals surface area contributed by atoms with Gasteiger partial charge >= 0.3 is 0 Å². The molecule has 0 atom stereocenters. The summed E-state index contributed by atoms with van der Waals surface area (Å²) in [6.45, 7) is 0. The molecule has 10 heteroatoms. The fourth-order valence-electron chi connectivity index (χ4n) is 16.1. The van der Waals surface area contributed by atoms with Crippen molar-refractivity contribution in [1.29, 1.82) is 0 Å². The van der Waals surface area contributed by atoms with E-state index in [9.17, 15) is 0 Å². The Morgan fingerprint density at radius 3 is 1.11 bits per heavy atom. The predicted molar refractivity (Wildman–Crippen MR) is 387 cm³/mol. The minimum Gasteiger partial charge on any atom is -0.309 e. The first-order chi connectivity index (χ1) is 46.6. The Balaban J connectivity index is 0.721. The SMILES string of the molecule is c1ccc(-n2c3ccccc3c3cc4c(cc32)c2cc3c(cc2n4-c2ccc(-c4ccc(-n5c6ccccc6c6cc7c(cc65)c5cc6c8cccnc8n8c9ccccc9nc8c6cc5n7-c5ccccc5)cc4)cc2)c2nc4ccccc4n2c2cccnc32)cc1. The minimum absolute atomic E-state index is 0.896. The number of rotatable bonds is 5. The summed E-state index contributed by atoms with van der Waals surface area (Å²) in [5.74, 6) is 0. The van der Waals surface area contributed by atoms with Crippen LogP contribution in [0.4, 0.5) is 0 Å². The van der Waals surface area contributed by atoms with Gasteiger partial charge in [-0.15, -0.1) is 0 Å². The second-order valence-corrected chi connectivity index (χ2v) is 25.0. The van der Waals surface area contributed by atoms with Gasteiger partial charge in [-0.1, -0.05) is 121 Å². The molecule has 0 unspecified atom stereocenters. The van der Waals surface area contributed by atoms with Crippen molar-refractivity contribution in [3.05, 3.63) is 291 Å². The molecule has 22 aromatic rings. The zero-order valence-electron chi connectivity index (χ0n) is 50.2. The first-order valence-corrected chi connectivity index (χ1v) is 31.9. The molecule has 10 aromatic heterocycles. The van der Waals surface area contributed by atoms with Crippen LogP contribution in [-0.2, 0) is 0 Å². The van der Waals surface area contributed by atoms with Gasteiger partial charge in [-0.3, -0.25) is 13.8 Å². The highest BCUT2D eigenvalue weighted by molar-refractivity contribution is 6.26. The largest absolute Gasteiger partial charge is 0.309 e. The topological polar surface area (TPSA) is 80.1 Å². The van der Waals surface area contributed by atoms with Gasteiger partial charge in [0, 0.05) is 99.8 Å².